The van der Waals surface area contributed by atoms with E-state index in [1.54, 1.807) is 25.1 Å². The number of nitrogens with zero attached hydrogens (tertiary/aromatic N) is 1. The van der Waals surface area contributed by atoms with Gasteiger partial charge in [0.25, 0.3) is 0 Å². The van der Waals surface area contributed by atoms with Crippen LogP contribution in [0.15, 0.2) is 18.2 Å². The number of anilines is 1. The average Bonchev–Trinajstić information content (AvgIpc) is 2.55. The molecule has 8 heteroatoms. The quantitative estimate of drug-likeness (QED) is 0.825. The molecule has 0 saturated carbocycles. The predicted octanol–water partition coefficient (Wildman–Crippen LogP) is 1.39. The van der Waals surface area contributed by atoms with Gasteiger partial charge in [-0.1, -0.05) is 6.07 Å². The molecule has 24 heavy (non-hydrogen) atoms. The standard InChI is InChI=1S/C16H22N2O5S/c1-11-13(16(20)23-2)7-4-8-14(11)17-15(19)12-6-5-9-18(10-12)24(3,21)22/h4,7-8,12H,5-6,9-10H2,1-3H3,(H,17,19)/t12-/m1/s1. The fraction of sp³-hybridized carbons (Fsp3) is 0.500. The number of nitrogens with one attached hydrogen (secondary N) is 1. The Bertz CT molecular complexity index is 745. The first-order valence-electron chi connectivity index (χ1n) is 7.68. The molecule has 1 aliphatic rings. The van der Waals surface area contributed by atoms with Crippen molar-refractivity contribution >= 4 is 27.6 Å². The number of esters is 1. The molecule has 0 unspecified atom stereocenters. The second-order valence-electron chi connectivity index (χ2n) is 5.92. The number of amides is 1. The lowest BCUT2D eigenvalue weighted by Gasteiger charge is -2.30. The predicted molar refractivity (Wildman–Crippen MR) is 90.3 cm³/mol. The highest BCUT2D eigenvalue weighted by Gasteiger charge is 2.30. The monoisotopic (exact) mass is 354 g/mol. The fourth-order valence-electron chi connectivity index (χ4n) is 2.79. The molecule has 132 valence electrons. The molecule has 0 spiro atoms. The van der Waals surface area contributed by atoms with Crippen molar-refractivity contribution in [3.05, 3.63) is 29.3 Å². The van der Waals surface area contributed by atoms with E-state index >= 15 is 0 Å². The lowest BCUT2D eigenvalue weighted by molar-refractivity contribution is -0.120. The SMILES string of the molecule is COC(=O)c1cccc(NC(=O)[C@@H]2CCCN(S(C)(=O)=O)C2)c1C. The zero-order valence-corrected chi connectivity index (χ0v) is 14.9. The topological polar surface area (TPSA) is 92.8 Å². The largest absolute Gasteiger partial charge is 0.465 e. The number of hydrogen-bond donors (Lipinski definition) is 1. The minimum atomic E-state index is -3.30. The van der Waals surface area contributed by atoms with Gasteiger partial charge in [0.05, 0.1) is 24.8 Å². The minimum absolute atomic E-state index is 0.181. The highest BCUT2D eigenvalue weighted by atomic mass is 32.2. The van der Waals surface area contributed by atoms with Crippen molar-refractivity contribution in [2.45, 2.75) is 19.8 Å². The maximum Gasteiger partial charge on any atom is 0.338 e. The second kappa shape index (κ2) is 7.31. The molecular weight excluding hydrogens is 332 g/mol. The minimum Gasteiger partial charge on any atom is -0.465 e. The first-order chi connectivity index (χ1) is 11.2. The number of carbonyl (C=O) groups excluding carboxylic acids is 2. The van der Waals surface area contributed by atoms with Gasteiger partial charge in [-0.3, -0.25) is 4.79 Å². The van der Waals surface area contributed by atoms with Gasteiger partial charge >= 0.3 is 5.97 Å². The number of methoxy groups -OCH3 is 1. The van der Waals surface area contributed by atoms with Gasteiger partial charge < -0.3 is 10.1 Å². The molecule has 1 N–H and O–H groups in total. The van der Waals surface area contributed by atoms with Crippen molar-refractivity contribution in [2.75, 3.05) is 31.8 Å². The summed E-state index contributed by atoms with van der Waals surface area (Å²) in [4.78, 5) is 24.2. The Balaban J connectivity index is 2.14. The van der Waals surface area contributed by atoms with Crippen LogP contribution in [0.2, 0.25) is 0 Å². The molecule has 1 aromatic carbocycles. The summed E-state index contributed by atoms with van der Waals surface area (Å²) in [6, 6.07) is 5.00. The van der Waals surface area contributed by atoms with E-state index in [4.69, 9.17) is 4.74 Å². The fourth-order valence-corrected chi connectivity index (χ4v) is 3.71. The summed E-state index contributed by atoms with van der Waals surface area (Å²) in [5, 5.41) is 2.80. The summed E-state index contributed by atoms with van der Waals surface area (Å²) in [6.07, 6.45) is 2.43. The highest BCUT2D eigenvalue weighted by molar-refractivity contribution is 7.88. The average molecular weight is 354 g/mol. The van der Waals surface area contributed by atoms with E-state index in [1.165, 1.54) is 11.4 Å². The van der Waals surface area contributed by atoms with E-state index in [-0.39, 0.29) is 12.5 Å². The van der Waals surface area contributed by atoms with Crippen LogP contribution in [0.4, 0.5) is 5.69 Å². The molecule has 1 heterocycles. The van der Waals surface area contributed by atoms with Crippen LogP contribution >= 0.6 is 0 Å². The summed E-state index contributed by atoms with van der Waals surface area (Å²) in [7, 11) is -2.00. The van der Waals surface area contributed by atoms with Crippen molar-refractivity contribution in [1.29, 1.82) is 0 Å². The summed E-state index contributed by atoms with van der Waals surface area (Å²) in [5.74, 6) is -1.12. The number of carbonyl (C=O) groups is 2. The maximum atomic E-state index is 12.5. The van der Waals surface area contributed by atoms with Crippen LogP contribution in [0.1, 0.15) is 28.8 Å². The lowest BCUT2D eigenvalue weighted by atomic mass is 9.98. The number of ether oxygens (including phenoxy) is 1. The Morgan fingerprint density at radius 1 is 1.33 bits per heavy atom. The van der Waals surface area contributed by atoms with Crippen molar-refractivity contribution in [1.82, 2.24) is 4.31 Å². The van der Waals surface area contributed by atoms with E-state index in [9.17, 15) is 18.0 Å². The molecule has 0 aromatic heterocycles. The molecule has 1 fully saturated rings. The summed E-state index contributed by atoms with van der Waals surface area (Å²) in [6.45, 7) is 2.35. The zero-order valence-electron chi connectivity index (χ0n) is 14.0. The smallest absolute Gasteiger partial charge is 0.338 e. The van der Waals surface area contributed by atoms with Gasteiger partial charge in [-0.15, -0.1) is 0 Å². The molecule has 1 saturated heterocycles. The molecule has 1 aliphatic heterocycles. The third kappa shape index (κ3) is 4.12. The van der Waals surface area contributed by atoms with Gasteiger partial charge in [-0.2, -0.15) is 0 Å². The molecule has 0 bridgehead atoms. The molecule has 1 amide bonds. The Morgan fingerprint density at radius 2 is 2.04 bits per heavy atom. The Labute approximate surface area is 142 Å². The van der Waals surface area contributed by atoms with Crippen LogP contribution in [-0.2, 0) is 19.6 Å². The van der Waals surface area contributed by atoms with Gasteiger partial charge in [0.1, 0.15) is 0 Å². The van der Waals surface area contributed by atoms with Crippen LogP contribution in [-0.4, -0.2) is 51.1 Å². The molecule has 0 aliphatic carbocycles. The number of piperidine rings is 1. The molecular formula is C16H22N2O5S. The number of rotatable bonds is 4. The van der Waals surface area contributed by atoms with Crippen molar-refractivity contribution in [3.63, 3.8) is 0 Å². The molecule has 1 aromatic rings. The highest BCUT2D eigenvalue weighted by Crippen LogP contribution is 2.23. The van der Waals surface area contributed by atoms with Crippen LogP contribution in [0.25, 0.3) is 0 Å². The maximum absolute atomic E-state index is 12.5. The van der Waals surface area contributed by atoms with Gasteiger partial charge in [-0.05, 0) is 37.5 Å². The zero-order chi connectivity index (χ0) is 17.9. The number of benzene rings is 1. The molecule has 2 rings (SSSR count). The lowest BCUT2D eigenvalue weighted by Crippen LogP contribution is -2.43. The summed E-state index contributed by atoms with van der Waals surface area (Å²) in [5.41, 5.74) is 1.53. The van der Waals surface area contributed by atoms with E-state index in [2.05, 4.69) is 5.32 Å². The van der Waals surface area contributed by atoms with E-state index < -0.39 is 21.9 Å². The molecule has 7 nitrogen and oxygen atoms in total. The van der Waals surface area contributed by atoms with Crippen LogP contribution < -0.4 is 5.32 Å². The number of sulfonamides is 1. The summed E-state index contributed by atoms with van der Waals surface area (Å²) < 4.78 is 29.4. The third-order valence-electron chi connectivity index (χ3n) is 4.22. The normalized spacial score (nSPS) is 18.9. The van der Waals surface area contributed by atoms with Gasteiger partial charge in [0.2, 0.25) is 15.9 Å². The Kier molecular flexibility index (Phi) is 5.61. The van der Waals surface area contributed by atoms with Gasteiger partial charge in [0.15, 0.2) is 0 Å². The third-order valence-corrected chi connectivity index (χ3v) is 5.49. The van der Waals surface area contributed by atoms with Crippen LogP contribution in [0, 0.1) is 12.8 Å². The van der Waals surface area contributed by atoms with Crippen molar-refractivity contribution in [3.8, 4) is 0 Å². The molecule has 1 atom stereocenters. The van der Waals surface area contributed by atoms with Crippen molar-refractivity contribution in [2.24, 2.45) is 5.92 Å². The number of hydrogen-bond acceptors (Lipinski definition) is 5. The van der Waals surface area contributed by atoms with E-state index in [0.29, 0.717) is 36.2 Å². The van der Waals surface area contributed by atoms with Crippen molar-refractivity contribution < 1.29 is 22.7 Å². The van der Waals surface area contributed by atoms with Gasteiger partial charge in [0, 0.05) is 18.8 Å². The summed E-state index contributed by atoms with van der Waals surface area (Å²) >= 11 is 0. The van der Waals surface area contributed by atoms with Crippen LogP contribution in [0.5, 0.6) is 0 Å². The second-order valence-corrected chi connectivity index (χ2v) is 7.90. The van der Waals surface area contributed by atoms with E-state index in [0.717, 1.165) is 6.26 Å². The van der Waals surface area contributed by atoms with Crippen LogP contribution in [0.3, 0.4) is 0 Å². The van der Waals surface area contributed by atoms with E-state index in [1.807, 2.05) is 0 Å². The Hall–Kier alpha value is -1.93. The first-order valence-corrected chi connectivity index (χ1v) is 9.52. The first kappa shape index (κ1) is 18.4. The Morgan fingerprint density at radius 3 is 2.67 bits per heavy atom. The van der Waals surface area contributed by atoms with Gasteiger partial charge in [-0.25, -0.2) is 17.5 Å². The molecule has 0 radical (unpaired) electrons.